The fraction of sp³-hybridized carbons (Fsp3) is 0.905. The lowest BCUT2D eigenvalue weighted by Gasteiger charge is -2.41. The molecule has 0 aromatic carbocycles. The van der Waals surface area contributed by atoms with Gasteiger partial charge in [-0.2, -0.15) is 0 Å². The molecule has 22 heavy (non-hydrogen) atoms. The first kappa shape index (κ1) is 18.0. The number of rotatable bonds is 1. The van der Waals surface area contributed by atoms with E-state index < -0.39 is 0 Å². The van der Waals surface area contributed by atoms with E-state index in [2.05, 4.69) is 52.9 Å². The first-order chi connectivity index (χ1) is 10.2. The fourth-order valence-corrected chi connectivity index (χ4v) is 4.30. The molecule has 1 heterocycles. The lowest BCUT2D eigenvalue weighted by Crippen LogP contribution is -2.43. The van der Waals surface area contributed by atoms with Crippen LogP contribution >= 0.6 is 0 Å². The molecule has 1 aliphatic carbocycles. The topological polar surface area (TPSA) is 12.0 Å². The maximum atomic E-state index is 3.84. The Bertz CT molecular complexity index is 380. The Balaban J connectivity index is 2.10. The van der Waals surface area contributed by atoms with Crippen LogP contribution in [0.3, 0.4) is 0 Å². The van der Waals surface area contributed by atoms with Crippen molar-refractivity contribution >= 4 is 0 Å². The highest BCUT2D eigenvalue weighted by Gasteiger charge is 2.34. The lowest BCUT2D eigenvalue weighted by atomic mass is 9.69. The Labute approximate surface area is 139 Å². The largest absolute Gasteiger partial charge is 0.310 e. The fourth-order valence-electron chi connectivity index (χ4n) is 4.30. The maximum Gasteiger partial charge on any atom is 0.0282 e. The van der Waals surface area contributed by atoms with Gasteiger partial charge in [-0.1, -0.05) is 59.6 Å². The van der Waals surface area contributed by atoms with Crippen molar-refractivity contribution in [1.82, 2.24) is 5.32 Å². The minimum atomic E-state index is 0.439. The summed E-state index contributed by atoms with van der Waals surface area (Å²) in [6.45, 7) is 15.8. The van der Waals surface area contributed by atoms with Crippen molar-refractivity contribution in [2.24, 2.45) is 22.7 Å². The molecule has 3 atom stereocenters. The van der Waals surface area contributed by atoms with Crippen LogP contribution in [0.15, 0.2) is 11.6 Å². The van der Waals surface area contributed by atoms with Gasteiger partial charge >= 0.3 is 0 Å². The van der Waals surface area contributed by atoms with Gasteiger partial charge in [0.05, 0.1) is 0 Å². The zero-order chi connectivity index (χ0) is 16.4. The second-order valence-electron chi connectivity index (χ2n) is 9.92. The molecule has 0 radical (unpaired) electrons. The first-order valence-corrected chi connectivity index (χ1v) is 9.60. The minimum Gasteiger partial charge on any atom is -0.310 e. The summed E-state index contributed by atoms with van der Waals surface area (Å²) >= 11 is 0. The van der Waals surface area contributed by atoms with Crippen LogP contribution in [0.1, 0.15) is 86.5 Å². The molecule has 128 valence electrons. The van der Waals surface area contributed by atoms with Gasteiger partial charge in [-0.05, 0) is 67.7 Å². The van der Waals surface area contributed by atoms with Gasteiger partial charge < -0.3 is 5.32 Å². The minimum absolute atomic E-state index is 0.439. The monoisotopic (exact) mass is 305 g/mol. The van der Waals surface area contributed by atoms with Crippen LogP contribution in [0.4, 0.5) is 0 Å². The third-order valence-electron chi connectivity index (χ3n) is 6.20. The van der Waals surface area contributed by atoms with Crippen molar-refractivity contribution in [3.63, 3.8) is 0 Å². The second-order valence-corrected chi connectivity index (χ2v) is 9.92. The predicted octanol–water partition coefficient (Wildman–Crippen LogP) is 5.95. The van der Waals surface area contributed by atoms with Crippen LogP contribution in [-0.2, 0) is 0 Å². The Morgan fingerprint density at radius 2 is 1.59 bits per heavy atom. The summed E-state index contributed by atoms with van der Waals surface area (Å²) in [4.78, 5) is 0. The van der Waals surface area contributed by atoms with Crippen molar-refractivity contribution < 1.29 is 0 Å². The average molecular weight is 306 g/mol. The van der Waals surface area contributed by atoms with Gasteiger partial charge in [0, 0.05) is 6.04 Å². The Kier molecular flexibility index (Phi) is 5.80. The third kappa shape index (κ3) is 4.85. The van der Waals surface area contributed by atoms with Crippen molar-refractivity contribution in [1.29, 1.82) is 0 Å². The molecular weight excluding hydrogens is 266 g/mol. The van der Waals surface area contributed by atoms with Crippen LogP contribution in [0.2, 0.25) is 0 Å². The molecule has 2 rings (SSSR count). The van der Waals surface area contributed by atoms with Crippen LogP contribution in [0.5, 0.6) is 0 Å². The first-order valence-electron chi connectivity index (χ1n) is 9.60. The highest BCUT2D eigenvalue weighted by molar-refractivity contribution is 5.15. The van der Waals surface area contributed by atoms with Gasteiger partial charge in [0.1, 0.15) is 0 Å². The van der Waals surface area contributed by atoms with E-state index in [1.165, 1.54) is 51.5 Å². The van der Waals surface area contributed by atoms with E-state index in [1.807, 2.05) is 0 Å². The molecule has 3 unspecified atom stereocenters. The van der Waals surface area contributed by atoms with Gasteiger partial charge in [-0.3, -0.25) is 0 Å². The van der Waals surface area contributed by atoms with Gasteiger partial charge in [0.2, 0.25) is 0 Å². The molecule has 1 heteroatoms. The summed E-state index contributed by atoms with van der Waals surface area (Å²) in [6, 6.07) is 0.640. The van der Waals surface area contributed by atoms with E-state index in [4.69, 9.17) is 0 Å². The van der Waals surface area contributed by atoms with E-state index in [1.54, 1.807) is 5.57 Å². The number of hydrogen-bond acceptors (Lipinski definition) is 1. The predicted molar refractivity (Wildman–Crippen MR) is 98.1 cm³/mol. The van der Waals surface area contributed by atoms with Crippen LogP contribution in [0.25, 0.3) is 0 Å². The molecular formula is C21H39N. The maximum absolute atomic E-state index is 3.84. The molecule has 0 spiro atoms. The third-order valence-corrected chi connectivity index (χ3v) is 6.20. The molecule has 2 aliphatic rings. The normalized spacial score (nSPS) is 32.1. The molecule has 0 aromatic rings. The van der Waals surface area contributed by atoms with Gasteiger partial charge in [-0.15, -0.1) is 0 Å². The average Bonchev–Trinajstić information content (AvgIpc) is 2.36. The SMILES string of the molecule is CC(C)(C)C1CCCCC=C(C2CC(C(C)(C)C)CCN2)C1. The van der Waals surface area contributed by atoms with Gasteiger partial charge in [0.25, 0.3) is 0 Å². The summed E-state index contributed by atoms with van der Waals surface area (Å²) in [5.41, 5.74) is 2.62. The second kappa shape index (κ2) is 7.07. The summed E-state index contributed by atoms with van der Waals surface area (Å²) in [6.07, 6.45) is 12.1. The Hall–Kier alpha value is -0.300. The summed E-state index contributed by atoms with van der Waals surface area (Å²) in [5.74, 6) is 1.70. The van der Waals surface area contributed by atoms with Crippen molar-refractivity contribution in [3.05, 3.63) is 11.6 Å². The zero-order valence-corrected chi connectivity index (χ0v) is 16.0. The molecule has 1 N–H and O–H groups in total. The summed E-state index contributed by atoms with van der Waals surface area (Å²) < 4.78 is 0. The van der Waals surface area contributed by atoms with Crippen molar-refractivity contribution in [2.75, 3.05) is 6.54 Å². The van der Waals surface area contributed by atoms with Crippen LogP contribution in [-0.4, -0.2) is 12.6 Å². The van der Waals surface area contributed by atoms with E-state index in [-0.39, 0.29) is 0 Å². The van der Waals surface area contributed by atoms with E-state index in [9.17, 15) is 0 Å². The summed E-state index contributed by atoms with van der Waals surface area (Å²) in [5, 5.41) is 3.84. The number of nitrogens with one attached hydrogen (secondary N) is 1. The van der Waals surface area contributed by atoms with Gasteiger partial charge in [0.15, 0.2) is 0 Å². The quantitative estimate of drug-likeness (QED) is 0.590. The number of piperidine rings is 1. The summed E-state index contributed by atoms with van der Waals surface area (Å²) in [7, 11) is 0. The number of hydrogen-bond donors (Lipinski definition) is 1. The lowest BCUT2D eigenvalue weighted by molar-refractivity contribution is 0.161. The van der Waals surface area contributed by atoms with Crippen LogP contribution < -0.4 is 5.32 Å². The molecule has 1 aliphatic heterocycles. The molecule has 0 saturated carbocycles. The molecule has 1 nitrogen and oxygen atoms in total. The molecule has 0 bridgehead atoms. The molecule has 1 fully saturated rings. The molecule has 1 saturated heterocycles. The zero-order valence-electron chi connectivity index (χ0n) is 16.0. The van der Waals surface area contributed by atoms with E-state index in [0.717, 1.165) is 11.8 Å². The van der Waals surface area contributed by atoms with Crippen LogP contribution in [0, 0.1) is 22.7 Å². The standard InChI is InChI=1S/C21H39N/c1-20(2,3)17-11-9-7-8-10-16(14-17)19-15-18(12-13-22-19)21(4,5)6/h10,17-19,22H,7-9,11-15H2,1-6H3. The van der Waals surface area contributed by atoms with E-state index in [0.29, 0.717) is 16.9 Å². The molecule has 0 aromatic heterocycles. The highest BCUT2D eigenvalue weighted by atomic mass is 14.9. The van der Waals surface area contributed by atoms with Gasteiger partial charge in [-0.25, -0.2) is 0 Å². The van der Waals surface area contributed by atoms with E-state index >= 15 is 0 Å². The van der Waals surface area contributed by atoms with Crippen molar-refractivity contribution in [2.45, 2.75) is 92.5 Å². The van der Waals surface area contributed by atoms with Crippen molar-refractivity contribution in [3.8, 4) is 0 Å². The Morgan fingerprint density at radius 3 is 2.23 bits per heavy atom. The smallest absolute Gasteiger partial charge is 0.0282 e. The molecule has 0 amide bonds. The highest BCUT2D eigenvalue weighted by Crippen LogP contribution is 2.40. The Morgan fingerprint density at radius 1 is 0.909 bits per heavy atom. The number of allylic oxidation sites excluding steroid dienone is 1.